The molecule has 0 aliphatic carbocycles. The van der Waals surface area contributed by atoms with Gasteiger partial charge in [0.25, 0.3) is 0 Å². The number of nitrogens with one attached hydrogen (secondary N) is 1. The predicted octanol–water partition coefficient (Wildman–Crippen LogP) is 1.66. The SMILES string of the molecule is COCCN(C)S(=O)(=O)c1c(C)oc(C)c1CNC(C)C. The second-order valence-corrected chi connectivity index (χ2v) is 7.36. The number of likely N-dealkylation sites (N-methyl/N-ethyl adjacent to an activating group) is 1. The fraction of sp³-hybridized carbons (Fsp3) is 0.714. The zero-order valence-electron chi connectivity index (χ0n) is 13.7. The van der Waals surface area contributed by atoms with Gasteiger partial charge in [-0.1, -0.05) is 13.8 Å². The Bertz CT molecular complexity index is 564. The zero-order valence-corrected chi connectivity index (χ0v) is 14.5. The van der Waals surface area contributed by atoms with E-state index in [2.05, 4.69) is 5.32 Å². The molecular formula is C14H26N2O4S. The lowest BCUT2D eigenvalue weighted by Gasteiger charge is -2.18. The molecule has 0 spiro atoms. The molecule has 0 atom stereocenters. The Morgan fingerprint density at radius 3 is 2.43 bits per heavy atom. The average molecular weight is 318 g/mol. The Morgan fingerprint density at radius 2 is 1.90 bits per heavy atom. The summed E-state index contributed by atoms with van der Waals surface area (Å²) in [4.78, 5) is 0.270. The Hall–Kier alpha value is -0.890. The topological polar surface area (TPSA) is 71.8 Å². The number of furan rings is 1. The van der Waals surface area contributed by atoms with Crippen LogP contribution in [0.25, 0.3) is 0 Å². The first-order chi connectivity index (χ1) is 9.71. The fourth-order valence-corrected chi connectivity index (χ4v) is 3.61. The van der Waals surface area contributed by atoms with Crippen LogP contribution in [0.5, 0.6) is 0 Å². The summed E-state index contributed by atoms with van der Waals surface area (Å²) >= 11 is 0. The van der Waals surface area contributed by atoms with Gasteiger partial charge in [0.05, 0.1) is 6.61 Å². The molecule has 0 radical (unpaired) electrons. The van der Waals surface area contributed by atoms with E-state index in [4.69, 9.17) is 9.15 Å². The van der Waals surface area contributed by atoms with Crippen LogP contribution in [0.2, 0.25) is 0 Å². The van der Waals surface area contributed by atoms with Crippen molar-refractivity contribution in [2.45, 2.75) is 45.2 Å². The van der Waals surface area contributed by atoms with Gasteiger partial charge in [0, 0.05) is 38.9 Å². The van der Waals surface area contributed by atoms with Gasteiger partial charge in [-0.3, -0.25) is 0 Å². The van der Waals surface area contributed by atoms with Gasteiger partial charge in [-0.2, -0.15) is 4.31 Å². The van der Waals surface area contributed by atoms with Crippen LogP contribution in [0.4, 0.5) is 0 Å². The van der Waals surface area contributed by atoms with Crippen molar-refractivity contribution in [2.24, 2.45) is 0 Å². The molecule has 0 saturated carbocycles. The molecular weight excluding hydrogens is 292 g/mol. The number of sulfonamides is 1. The maximum Gasteiger partial charge on any atom is 0.246 e. The van der Waals surface area contributed by atoms with Crippen LogP contribution in [0.15, 0.2) is 9.31 Å². The van der Waals surface area contributed by atoms with Crippen molar-refractivity contribution in [1.82, 2.24) is 9.62 Å². The monoisotopic (exact) mass is 318 g/mol. The molecule has 7 heteroatoms. The molecule has 122 valence electrons. The number of hydrogen-bond donors (Lipinski definition) is 1. The third-order valence-electron chi connectivity index (χ3n) is 3.29. The largest absolute Gasteiger partial charge is 0.465 e. The van der Waals surface area contributed by atoms with Gasteiger partial charge in [-0.05, 0) is 13.8 Å². The highest BCUT2D eigenvalue weighted by Crippen LogP contribution is 2.28. The van der Waals surface area contributed by atoms with E-state index in [9.17, 15) is 8.42 Å². The number of aryl methyl sites for hydroxylation is 2. The first-order valence-corrected chi connectivity index (χ1v) is 8.43. The molecule has 0 aliphatic heterocycles. The van der Waals surface area contributed by atoms with Crippen molar-refractivity contribution in [3.8, 4) is 0 Å². The molecule has 0 bridgehead atoms. The molecule has 0 fully saturated rings. The third kappa shape index (κ3) is 4.29. The quantitative estimate of drug-likeness (QED) is 0.789. The van der Waals surface area contributed by atoms with Gasteiger partial charge >= 0.3 is 0 Å². The van der Waals surface area contributed by atoms with Crippen molar-refractivity contribution in [3.05, 3.63) is 17.1 Å². The predicted molar refractivity (Wildman–Crippen MR) is 81.8 cm³/mol. The fourth-order valence-electron chi connectivity index (χ4n) is 2.05. The molecule has 6 nitrogen and oxygen atoms in total. The normalized spacial score (nSPS) is 12.6. The van der Waals surface area contributed by atoms with Gasteiger partial charge in [-0.25, -0.2) is 8.42 Å². The van der Waals surface area contributed by atoms with E-state index in [0.717, 1.165) is 0 Å². The minimum absolute atomic E-state index is 0.265. The molecule has 1 N–H and O–H groups in total. The molecule has 0 amide bonds. The van der Waals surface area contributed by atoms with Crippen LogP contribution >= 0.6 is 0 Å². The Labute approximate surface area is 127 Å². The highest BCUT2D eigenvalue weighted by molar-refractivity contribution is 7.89. The minimum atomic E-state index is -3.58. The van der Waals surface area contributed by atoms with Gasteiger partial charge in [0.2, 0.25) is 10.0 Å². The van der Waals surface area contributed by atoms with Crippen LogP contribution in [0.3, 0.4) is 0 Å². The second-order valence-electron chi connectivity index (χ2n) is 5.38. The first kappa shape index (κ1) is 18.2. The molecule has 1 aromatic rings. The van der Waals surface area contributed by atoms with E-state index in [-0.39, 0.29) is 10.9 Å². The molecule has 1 rings (SSSR count). The minimum Gasteiger partial charge on any atom is -0.465 e. The maximum atomic E-state index is 12.7. The Balaban J connectivity index is 3.16. The van der Waals surface area contributed by atoms with Crippen LogP contribution in [-0.4, -0.2) is 46.1 Å². The van der Waals surface area contributed by atoms with Crippen LogP contribution in [-0.2, 0) is 21.3 Å². The zero-order chi connectivity index (χ0) is 16.2. The summed E-state index contributed by atoms with van der Waals surface area (Å²) in [7, 11) is -0.481. The van der Waals surface area contributed by atoms with Crippen molar-refractivity contribution in [3.63, 3.8) is 0 Å². The van der Waals surface area contributed by atoms with E-state index < -0.39 is 10.0 Å². The molecule has 0 saturated heterocycles. The molecule has 1 aromatic heterocycles. The summed E-state index contributed by atoms with van der Waals surface area (Å²) in [5.74, 6) is 1.07. The highest BCUT2D eigenvalue weighted by atomic mass is 32.2. The molecule has 0 aliphatic rings. The lowest BCUT2D eigenvalue weighted by atomic mass is 10.2. The molecule has 0 aromatic carbocycles. The molecule has 21 heavy (non-hydrogen) atoms. The van der Waals surface area contributed by atoms with Crippen molar-refractivity contribution in [1.29, 1.82) is 0 Å². The van der Waals surface area contributed by atoms with Crippen LogP contribution in [0.1, 0.15) is 30.9 Å². The van der Waals surface area contributed by atoms with Gasteiger partial charge in [0.1, 0.15) is 16.4 Å². The van der Waals surface area contributed by atoms with E-state index in [0.29, 0.717) is 36.8 Å². The lowest BCUT2D eigenvalue weighted by Crippen LogP contribution is -2.31. The number of methoxy groups -OCH3 is 1. The lowest BCUT2D eigenvalue weighted by molar-refractivity contribution is 0.185. The van der Waals surface area contributed by atoms with Crippen LogP contribution < -0.4 is 5.32 Å². The summed E-state index contributed by atoms with van der Waals surface area (Å²) in [6, 6.07) is 0.265. The smallest absolute Gasteiger partial charge is 0.246 e. The van der Waals surface area contributed by atoms with Gasteiger partial charge in [0.15, 0.2) is 0 Å². The number of rotatable bonds is 8. The second kappa shape index (κ2) is 7.40. The number of ether oxygens (including phenoxy) is 1. The highest BCUT2D eigenvalue weighted by Gasteiger charge is 2.30. The summed E-state index contributed by atoms with van der Waals surface area (Å²) < 4.78 is 37.2. The summed E-state index contributed by atoms with van der Waals surface area (Å²) in [6.45, 7) is 8.63. The van der Waals surface area contributed by atoms with E-state index in [1.165, 1.54) is 4.31 Å². The Kier molecular flexibility index (Phi) is 6.40. The molecule has 1 heterocycles. The standard InChI is InChI=1S/C14H26N2O4S/c1-10(2)15-9-13-11(3)20-12(4)14(13)21(17,18)16(5)7-8-19-6/h10,15H,7-9H2,1-6H3. The number of nitrogens with zero attached hydrogens (tertiary/aromatic N) is 1. The summed E-state index contributed by atoms with van der Waals surface area (Å²) in [5.41, 5.74) is 0.700. The summed E-state index contributed by atoms with van der Waals surface area (Å²) in [5, 5.41) is 3.24. The average Bonchev–Trinajstić information content (AvgIpc) is 2.68. The van der Waals surface area contributed by atoms with Crippen molar-refractivity contribution in [2.75, 3.05) is 27.3 Å². The number of hydrogen-bond acceptors (Lipinski definition) is 5. The van der Waals surface area contributed by atoms with Gasteiger partial charge in [-0.15, -0.1) is 0 Å². The Morgan fingerprint density at radius 1 is 1.29 bits per heavy atom. The first-order valence-electron chi connectivity index (χ1n) is 6.99. The van der Waals surface area contributed by atoms with E-state index in [1.807, 2.05) is 13.8 Å². The van der Waals surface area contributed by atoms with Gasteiger partial charge < -0.3 is 14.5 Å². The van der Waals surface area contributed by atoms with Crippen molar-refractivity contribution >= 4 is 10.0 Å². The molecule has 0 unspecified atom stereocenters. The van der Waals surface area contributed by atoms with Crippen molar-refractivity contribution < 1.29 is 17.6 Å². The summed E-state index contributed by atoms with van der Waals surface area (Å²) in [6.07, 6.45) is 0. The van der Waals surface area contributed by atoms with Crippen LogP contribution in [0, 0.1) is 13.8 Å². The maximum absolute atomic E-state index is 12.7. The van der Waals surface area contributed by atoms with E-state index >= 15 is 0 Å². The third-order valence-corrected chi connectivity index (χ3v) is 5.34. The van der Waals surface area contributed by atoms with E-state index in [1.54, 1.807) is 28.0 Å².